The monoisotopic (exact) mass is 256 g/mol. The van der Waals surface area contributed by atoms with Gasteiger partial charge in [0.15, 0.2) is 5.78 Å². The van der Waals surface area contributed by atoms with Crippen LogP contribution < -0.4 is 0 Å². The van der Waals surface area contributed by atoms with Crippen molar-refractivity contribution in [2.24, 2.45) is 5.92 Å². The van der Waals surface area contributed by atoms with Gasteiger partial charge in [-0.25, -0.2) is 0 Å². The Balaban J connectivity index is 2.32. The molecule has 0 bridgehead atoms. The number of Topliss-reactive ketones (excluding diaryl/α,β-unsaturated/α-hetero) is 1. The fourth-order valence-corrected chi connectivity index (χ4v) is 2.46. The van der Waals surface area contributed by atoms with Gasteiger partial charge in [-0.1, -0.05) is 25.4 Å². The van der Waals surface area contributed by atoms with Crippen LogP contribution in [0.3, 0.4) is 0 Å². The molecule has 0 heterocycles. The molecule has 0 amide bonds. The van der Waals surface area contributed by atoms with Crippen molar-refractivity contribution in [2.45, 2.75) is 20.3 Å². The molecule has 1 aromatic rings. The summed E-state index contributed by atoms with van der Waals surface area (Å²) in [5, 5.41) is 0.670. The molecule has 0 saturated heterocycles. The van der Waals surface area contributed by atoms with E-state index in [9.17, 15) is 4.79 Å². The summed E-state index contributed by atoms with van der Waals surface area (Å²) in [6, 6.07) is 7.09. The van der Waals surface area contributed by atoms with E-state index >= 15 is 0 Å². The van der Waals surface area contributed by atoms with Crippen LogP contribution in [0.15, 0.2) is 24.3 Å². The van der Waals surface area contributed by atoms with Crippen molar-refractivity contribution in [1.82, 2.24) is 0 Å². The van der Waals surface area contributed by atoms with Gasteiger partial charge in [-0.2, -0.15) is 11.8 Å². The Bertz CT molecular complexity index is 332. The fourth-order valence-electron chi connectivity index (χ4n) is 1.20. The molecule has 0 radical (unpaired) electrons. The number of hydrogen-bond donors (Lipinski definition) is 0. The van der Waals surface area contributed by atoms with E-state index in [1.807, 2.05) is 0 Å². The molecular weight excluding hydrogens is 240 g/mol. The Hall–Kier alpha value is -0.470. The van der Waals surface area contributed by atoms with Crippen molar-refractivity contribution in [1.29, 1.82) is 0 Å². The van der Waals surface area contributed by atoms with Crippen molar-refractivity contribution in [3.8, 4) is 0 Å². The molecule has 0 spiro atoms. The molecule has 0 saturated carbocycles. The Morgan fingerprint density at radius 2 is 1.94 bits per heavy atom. The Morgan fingerprint density at radius 1 is 1.31 bits per heavy atom. The van der Waals surface area contributed by atoms with Crippen LogP contribution in [0, 0.1) is 5.92 Å². The number of halogens is 1. The summed E-state index contributed by atoms with van der Waals surface area (Å²) in [6.07, 6.45) is 1.17. The SMILES string of the molecule is CC(C)CCSCC(=O)c1ccc(Cl)cc1. The van der Waals surface area contributed by atoms with Crippen LogP contribution in [0.2, 0.25) is 5.02 Å². The van der Waals surface area contributed by atoms with Gasteiger partial charge in [0.05, 0.1) is 5.75 Å². The van der Waals surface area contributed by atoms with E-state index in [1.165, 1.54) is 6.42 Å². The highest BCUT2D eigenvalue weighted by atomic mass is 35.5. The van der Waals surface area contributed by atoms with E-state index in [4.69, 9.17) is 11.6 Å². The summed E-state index contributed by atoms with van der Waals surface area (Å²) in [5.74, 6) is 2.51. The van der Waals surface area contributed by atoms with Gasteiger partial charge in [0, 0.05) is 10.6 Å². The van der Waals surface area contributed by atoms with E-state index < -0.39 is 0 Å². The topological polar surface area (TPSA) is 17.1 Å². The molecule has 0 aromatic heterocycles. The van der Waals surface area contributed by atoms with E-state index in [0.717, 1.165) is 11.3 Å². The fraction of sp³-hybridized carbons (Fsp3) is 0.462. The zero-order valence-corrected chi connectivity index (χ0v) is 11.3. The summed E-state index contributed by atoms with van der Waals surface area (Å²) in [7, 11) is 0. The summed E-state index contributed by atoms with van der Waals surface area (Å²) in [6.45, 7) is 4.39. The van der Waals surface area contributed by atoms with Crippen molar-refractivity contribution >= 4 is 29.1 Å². The quantitative estimate of drug-likeness (QED) is 0.558. The number of hydrogen-bond acceptors (Lipinski definition) is 2. The lowest BCUT2D eigenvalue weighted by Gasteiger charge is -2.04. The molecule has 0 aliphatic rings. The largest absolute Gasteiger partial charge is 0.293 e. The van der Waals surface area contributed by atoms with Crippen LogP contribution >= 0.6 is 23.4 Å². The zero-order chi connectivity index (χ0) is 12.0. The number of rotatable bonds is 6. The van der Waals surface area contributed by atoms with E-state index in [0.29, 0.717) is 16.7 Å². The summed E-state index contributed by atoms with van der Waals surface area (Å²) < 4.78 is 0. The van der Waals surface area contributed by atoms with Crippen molar-refractivity contribution in [2.75, 3.05) is 11.5 Å². The minimum atomic E-state index is 0.186. The molecule has 0 fully saturated rings. The third-order valence-corrected chi connectivity index (χ3v) is 3.48. The highest BCUT2D eigenvalue weighted by molar-refractivity contribution is 7.99. The van der Waals surface area contributed by atoms with Crippen LogP contribution in [0.1, 0.15) is 30.6 Å². The summed E-state index contributed by atoms with van der Waals surface area (Å²) >= 11 is 7.47. The van der Waals surface area contributed by atoms with Crippen molar-refractivity contribution in [3.63, 3.8) is 0 Å². The van der Waals surface area contributed by atoms with Gasteiger partial charge in [-0.05, 0) is 42.4 Å². The molecular formula is C13H17ClOS. The number of thioether (sulfide) groups is 1. The Morgan fingerprint density at radius 3 is 2.50 bits per heavy atom. The second kappa shape index (κ2) is 6.97. The van der Waals surface area contributed by atoms with E-state index in [-0.39, 0.29) is 5.78 Å². The van der Waals surface area contributed by atoms with Crippen LogP contribution in [-0.4, -0.2) is 17.3 Å². The molecule has 0 unspecified atom stereocenters. The standard InChI is InChI=1S/C13H17ClOS/c1-10(2)7-8-16-9-13(15)11-3-5-12(14)6-4-11/h3-6,10H,7-9H2,1-2H3. The molecule has 16 heavy (non-hydrogen) atoms. The highest BCUT2D eigenvalue weighted by Crippen LogP contribution is 2.14. The maximum Gasteiger partial charge on any atom is 0.172 e. The number of carbonyl (C=O) groups is 1. The summed E-state index contributed by atoms with van der Waals surface area (Å²) in [5.41, 5.74) is 0.751. The maximum atomic E-state index is 11.7. The molecule has 1 aromatic carbocycles. The van der Waals surface area contributed by atoms with Crippen molar-refractivity contribution < 1.29 is 4.79 Å². The number of carbonyl (C=O) groups excluding carboxylic acids is 1. The van der Waals surface area contributed by atoms with Crippen LogP contribution in [0.5, 0.6) is 0 Å². The van der Waals surface area contributed by atoms with Gasteiger partial charge in [-0.15, -0.1) is 0 Å². The van der Waals surface area contributed by atoms with Gasteiger partial charge in [0.1, 0.15) is 0 Å². The molecule has 0 aliphatic heterocycles. The van der Waals surface area contributed by atoms with Gasteiger partial charge in [-0.3, -0.25) is 4.79 Å². The Kier molecular flexibility index (Phi) is 5.93. The third-order valence-electron chi connectivity index (χ3n) is 2.24. The van der Waals surface area contributed by atoms with Gasteiger partial charge >= 0.3 is 0 Å². The minimum Gasteiger partial charge on any atom is -0.293 e. The molecule has 1 rings (SSSR count). The van der Waals surface area contributed by atoms with Gasteiger partial charge < -0.3 is 0 Å². The smallest absolute Gasteiger partial charge is 0.172 e. The lowest BCUT2D eigenvalue weighted by molar-refractivity contribution is 0.102. The predicted molar refractivity (Wildman–Crippen MR) is 72.6 cm³/mol. The highest BCUT2D eigenvalue weighted by Gasteiger charge is 2.05. The third kappa shape index (κ3) is 5.04. The zero-order valence-electron chi connectivity index (χ0n) is 9.70. The molecule has 1 nitrogen and oxygen atoms in total. The normalized spacial score (nSPS) is 10.8. The molecule has 3 heteroatoms. The lowest BCUT2D eigenvalue weighted by Crippen LogP contribution is -2.03. The first-order chi connectivity index (χ1) is 7.59. The van der Waals surface area contributed by atoms with E-state index in [2.05, 4.69) is 13.8 Å². The first-order valence-electron chi connectivity index (χ1n) is 5.46. The van der Waals surface area contributed by atoms with E-state index in [1.54, 1.807) is 36.0 Å². The van der Waals surface area contributed by atoms with Crippen LogP contribution in [0.25, 0.3) is 0 Å². The average molecular weight is 257 g/mol. The molecule has 0 atom stereocenters. The first-order valence-corrected chi connectivity index (χ1v) is 6.99. The predicted octanol–water partition coefficient (Wildman–Crippen LogP) is 4.30. The number of ketones is 1. The minimum absolute atomic E-state index is 0.186. The van der Waals surface area contributed by atoms with Crippen LogP contribution in [-0.2, 0) is 0 Å². The second-order valence-electron chi connectivity index (χ2n) is 4.17. The van der Waals surface area contributed by atoms with Gasteiger partial charge in [0.25, 0.3) is 0 Å². The lowest BCUT2D eigenvalue weighted by atomic mass is 10.1. The second-order valence-corrected chi connectivity index (χ2v) is 5.71. The first kappa shape index (κ1) is 13.6. The van der Waals surface area contributed by atoms with Crippen LogP contribution in [0.4, 0.5) is 0 Å². The molecule has 88 valence electrons. The summed E-state index contributed by atoms with van der Waals surface area (Å²) in [4.78, 5) is 11.7. The van der Waals surface area contributed by atoms with Crippen molar-refractivity contribution in [3.05, 3.63) is 34.9 Å². The number of benzene rings is 1. The maximum absolute atomic E-state index is 11.7. The Labute approximate surface area is 107 Å². The molecule has 0 aliphatic carbocycles. The average Bonchev–Trinajstić information content (AvgIpc) is 2.25. The van der Waals surface area contributed by atoms with Gasteiger partial charge in [0.2, 0.25) is 0 Å². The molecule has 0 N–H and O–H groups in total.